The zero-order chi connectivity index (χ0) is 20.5. The van der Waals surface area contributed by atoms with Crippen LogP contribution in [0.2, 0.25) is 0 Å². The molecule has 0 spiro atoms. The number of hydrogen-bond acceptors (Lipinski definition) is 6. The second-order valence-electron chi connectivity index (χ2n) is 7.62. The van der Waals surface area contributed by atoms with Crippen LogP contribution in [0.25, 0.3) is 21.5 Å². The summed E-state index contributed by atoms with van der Waals surface area (Å²) in [6, 6.07) is 6.89. The monoisotopic (exact) mass is 413 g/mol. The lowest BCUT2D eigenvalue weighted by Gasteiger charge is -2.28. The standard InChI is InChI=1S/C19H21N5OS.CH2O2/c1-10-8-20-19(26-10)11-3-4-14-16(6-11)22-23-17(14)18(25)21-15-7-13-5-12(15)9-24(13)2;2-1-3/h3-4,6,8,12-13,15H,5,7,9H2,1-2H3,(H,21,25)(H,22,23);1H,(H,2,3). The molecule has 29 heavy (non-hydrogen) atoms. The van der Waals surface area contributed by atoms with Gasteiger partial charge in [-0.25, -0.2) is 4.98 Å². The lowest BCUT2D eigenvalue weighted by molar-refractivity contribution is -0.122. The first kappa shape index (κ1) is 19.5. The first-order valence-electron chi connectivity index (χ1n) is 9.50. The summed E-state index contributed by atoms with van der Waals surface area (Å²) < 4.78 is 0. The van der Waals surface area contributed by atoms with E-state index >= 15 is 0 Å². The molecule has 1 saturated heterocycles. The van der Waals surface area contributed by atoms with Gasteiger partial charge in [0.25, 0.3) is 12.4 Å². The topological polar surface area (TPSA) is 111 Å². The highest BCUT2D eigenvalue weighted by atomic mass is 32.1. The summed E-state index contributed by atoms with van der Waals surface area (Å²) in [5, 5.41) is 19.2. The second-order valence-corrected chi connectivity index (χ2v) is 8.85. The van der Waals surface area contributed by atoms with Crippen molar-refractivity contribution in [2.24, 2.45) is 5.92 Å². The Morgan fingerprint density at radius 2 is 2.21 bits per heavy atom. The lowest BCUT2D eigenvalue weighted by Crippen LogP contribution is -2.44. The number of nitrogens with one attached hydrogen (secondary N) is 2. The minimum Gasteiger partial charge on any atom is -0.483 e. The zero-order valence-electron chi connectivity index (χ0n) is 16.3. The number of fused-ring (bicyclic) bond motifs is 3. The molecule has 9 heteroatoms. The fourth-order valence-corrected chi connectivity index (χ4v) is 5.16. The third-order valence-electron chi connectivity index (χ3n) is 5.78. The number of carbonyl (C=O) groups excluding carboxylic acids is 1. The fourth-order valence-electron chi connectivity index (χ4n) is 4.40. The summed E-state index contributed by atoms with van der Waals surface area (Å²) >= 11 is 1.66. The van der Waals surface area contributed by atoms with Crippen molar-refractivity contribution in [2.75, 3.05) is 13.6 Å². The number of aromatic nitrogens is 3. The molecule has 152 valence electrons. The van der Waals surface area contributed by atoms with Crippen molar-refractivity contribution in [2.45, 2.75) is 31.8 Å². The van der Waals surface area contributed by atoms with Crippen molar-refractivity contribution in [1.29, 1.82) is 0 Å². The normalized spacial score (nSPS) is 23.0. The molecule has 2 fully saturated rings. The number of likely N-dealkylation sites (tertiary alicyclic amines) is 1. The van der Waals surface area contributed by atoms with Crippen molar-refractivity contribution in [3.8, 4) is 10.6 Å². The van der Waals surface area contributed by atoms with Crippen LogP contribution in [0, 0.1) is 12.8 Å². The van der Waals surface area contributed by atoms with Crippen molar-refractivity contribution >= 4 is 34.6 Å². The van der Waals surface area contributed by atoms with Gasteiger partial charge in [-0.15, -0.1) is 11.3 Å². The van der Waals surface area contributed by atoms with Gasteiger partial charge >= 0.3 is 0 Å². The molecule has 3 N–H and O–H groups in total. The molecule has 1 aliphatic carbocycles. The van der Waals surface area contributed by atoms with E-state index in [-0.39, 0.29) is 18.4 Å². The van der Waals surface area contributed by atoms with Crippen LogP contribution in [0.4, 0.5) is 0 Å². The van der Waals surface area contributed by atoms with Crippen molar-refractivity contribution < 1.29 is 14.7 Å². The molecule has 3 aromatic rings. The number of hydrogen-bond donors (Lipinski definition) is 3. The molecular weight excluding hydrogens is 390 g/mol. The fraction of sp³-hybridized carbons (Fsp3) is 0.400. The smallest absolute Gasteiger partial charge is 0.290 e. The van der Waals surface area contributed by atoms with Crippen LogP contribution in [0.5, 0.6) is 0 Å². The molecule has 5 rings (SSSR count). The number of aryl methyl sites for hydroxylation is 1. The number of thiazole rings is 1. The predicted molar refractivity (Wildman–Crippen MR) is 111 cm³/mol. The molecule has 3 heterocycles. The van der Waals surface area contributed by atoms with Crippen molar-refractivity contribution in [3.63, 3.8) is 0 Å². The summed E-state index contributed by atoms with van der Waals surface area (Å²) in [6.07, 6.45) is 4.12. The van der Waals surface area contributed by atoms with Gasteiger partial charge in [0.1, 0.15) is 5.01 Å². The van der Waals surface area contributed by atoms with Gasteiger partial charge in [-0.2, -0.15) is 5.10 Å². The highest BCUT2D eigenvalue weighted by Crippen LogP contribution is 2.37. The molecule has 1 amide bonds. The Kier molecular flexibility index (Phi) is 5.33. The van der Waals surface area contributed by atoms with Crippen LogP contribution in [0.15, 0.2) is 24.4 Å². The Labute approximate surface area is 171 Å². The summed E-state index contributed by atoms with van der Waals surface area (Å²) in [4.78, 5) is 29.2. The van der Waals surface area contributed by atoms with Crippen LogP contribution in [-0.4, -0.2) is 63.2 Å². The van der Waals surface area contributed by atoms with Crippen molar-refractivity contribution in [1.82, 2.24) is 25.4 Å². The van der Waals surface area contributed by atoms with Gasteiger partial charge in [-0.3, -0.25) is 14.7 Å². The maximum atomic E-state index is 12.8. The molecule has 3 unspecified atom stereocenters. The minimum atomic E-state index is -0.250. The van der Waals surface area contributed by atoms with Crippen molar-refractivity contribution in [3.05, 3.63) is 35.0 Å². The molecule has 0 radical (unpaired) electrons. The van der Waals surface area contributed by atoms with E-state index < -0.39 is 0 Å². The highest BCUT2D eigenvalue weighted by molar-refractivity contribution is 7.14. The van der Waals surface area contributed by atoms with Crippen LogP contribution in [-0.2, 0) is 4.79 Å². The molecule has 1 aromatic carbocycles. The Balaban J connectivity index is 0.000000645. The summed E-state index contributed by atoms with van der Waals surface area (Å²) in [6.45, 7) is 2.87. The minimum absolute atomic E-state index is 0.0747. The second kappa shape index (κ2) is 7.92. The van der Waals surface area contributed by atoms with E-state index in [2.05, 4.69) is 32.4 Å². The van der Waals surface area contributed by atoms with Gasteiger partial charge in [0.2, 0.25) is 0 Å². The third-order valence-corrected chi connectivity index (χ3v) is 6.74. The van der Waals surface area contributed by atoms with E-state index in [0.29, 0.717) is 17.7 Å². The average molecular weight is 414 g/mol. The Morgan fingerprint density at radius 3 is 2.83 bits per heavy atom. The van der Waals surface area contributed by atoms with E-state index in [1.165, 1.54) is 11.3 Å². The summed E-state index contributed by atoms with van der Waals surface area (Å²) in [5.41, 5.74) is 2.40. The Morgan fingerprint density at radius 1 is 1.41 bits per heavy atom. The van der Waals surface area contributed by atoms with Crippen LogP contribution in [0.1, 0.15) is 28.2 Å². The number of carbonyl (C=O) groups is 2. The number of benzene rings is 1. The highest BCUT2D eigenvalue weighted by Gasteiger charge is 2.43. The number of aromatic amines is 1. The molecule has 2 aromatic heterocycles. The summed E-state index contributed by atoms with van der Waals surface area (Å²) in [7, 11) is 2.17. The number of rotatable bonds is 3. The van der Waals surface area contributed by atoms with E-state index in [1.807, 2.05) is 31.3 Å². The van der Waals surface area contributed by atoms with Gasteiger partial charge in [0.05, 0.1) is 5.52 Å². The average Bonchev–Trinajstić information content (AvgIpc) is 3.45. The number of nitrogens with zero attached hydrogens (tertiary/aromatic N) is 3. The zero-order valence-corrected chi connectivity index (χ0v) is 17.1. The largest absolute Gasteiger partial charge is 0.483 e. The number of piperidine rings is 1. The molecule has 3 atom stereocenters. The maximum Gasteiger partial charge on any atom is 0.290 e. The Hall–Kier alpha value is -2.78. The van der Waals surface area contributed by atoms with E-state index in [4.69, 9.17) is 9.90 Å². The molecule has 1 saturated carbocycles. The van der Waals surface area contributed by atoms with Crippen LogP contribution >= 0.6 is 11.3 Å². The van der Waals surface area contributed by atoms with Crippen LogP contribution in [0.3, 0.4) is 0 Å². The molecular formula is C20H23N5O3S. The quantitative estimate of drug-likeness (QED) is 0.569. The van der Waals surface area contributed by atoms with Gasteiger partial charge in [-0.1, -0.05) is 6.07 Å². The number of carboxylic acid groups (broad SMARTS) is 1. The summed E-state index contributed by atoms with van der Waals surface area (Å²) in [5.74, 6) is 0.494. The van der Waals surface area contributed by atoms with Gasteiger partial charge in [0.15, 0.2) is 5.69 Å². The third kappa shape index (κ3) is 3.75. The lowest BCUT2D eigenvalue weighted by atomic mass is 10.0. The first-order valence-corrected chi connectivity index (χ1v) is 10.3. The SMILES string of the molecule is Cc1cnc(-c2ccc3c(C(=O)NC4CC5CC4CN5C)n[nH]c3c2)s1.O=CO. The van der Waals surface area contributed by atoms with E-state index in [1.54, 1.807) is 11.3 Å². The molecule has 1 aliphatic heterocycles. The molecule has 8 nitrogen and oxygen atoms in total. The van der Waals surface area contributed by atoms with Gasteiger partial charge in [0, 0.05) is 40.7 Å². The maximum absolute atomic E-state index is 12.8. The molecule has 2 aliphatic rings. The number of amides is 1. The van der Waals surface area contributed by atoms with Gasteiger partial charge < -0.3 is 15.3 Å². The predicted octanol–water partition coefficient (Wildman–Crippen LogP) is 2.52. The van der Waals surface area contributed by atoms with E-state index in [0.717, 1.165) is 34.4 Å². The number of H-pyrrole nitrogens is 1. The van der Waals surface area contributed by atoms with Gasteiger partial charge in [-0.05, 0) is 44.9 Å². The van der Waals surface area contributed by atoms with Crippen LogP contribution < -0.4 is 5.32 Å². The molecule has 2 bridgehead atoms. The Bertz CT molecular complexity index is 1040. The van der Waals surface area contributed by atoms with E-state index in [9.17, 15) is 4.79 Å². The first-order chi connectivity index (χ1) is 14.0.